The van der Waals surface area contributed by atoms with Gasteiger partial charge in [0.1, 0.15) is 23.1 Å². The standard InChI is InChI=1S/C22H23NO9S/c1-4-28-21(26)17-12(3)18(22(27)29-5-2)33-19(17)23-16(24)11-32-20(25)13-6-7-14-15(10-13)31-9-8-30-14/h6-7,10H,4-5,8-9,11H2,1-3H3,(H,23,24). The van der Waals surface area contributed by atoms with Crippen LogP contribution in [0.4, 0.5) is 5.00 Å². The molecule has 1 N–H and O–H groups in total. The molecular weight excluding hydrogens is 454 g/mol. The molecule has 33 heavy (non-hydrogen) atoms. The third-order valence-corrected chi connectivity index (χ3v) is 5.64. The first-order valence-corrected chi connectivity index (χ1v) is 11.0. The zero-order valence-corrected chi connectivity index (χ0v) is 19.2. The van der Waals surface area contributed by atoms with E-state index in [0.29, 0.717) is 30.3 Å². The van der Waals surface area contributed by atoms with Crippen molar-refractivity contribution in [3.63, 3.8) is 0 Å². The number of thiophene rings is 1. The molecule has 0 radical (unpaired) electrons. The Morgan fingerprint density at radius 3 is 2.30 bits per heavy atom. The van der Waals surface area contributed by atoms with Crippen molar-refractivity contribution in [2.24, 2.45) is 0 Å². The van der Waals surface area contributed by atoms with Crippen LogP contribution in [0.1, 0.15) is 49.8 Å². The van der Waals surface area contributed by atoms with Crippen LogP contribution < -0.4 is 14.8 Å². The first-order chi connectivity index (χ1) is 15.8. The lowest BCUT2D eigenvalue weighted by molar-refractivity contribution is -0.119. The van der Waals surface area contributed by atoms with Crippen molar-refractivity contribution in [1.82, 2.24) is 0 Å². The quantitative estimate of drug-likeness (QED) is 0.451. The van der Waals surface area contributed by atoms with Crippen LogP contribution in [-0.4, -0.2) is 56.8 Å². The van der Waals surface area contributed by atoms with Crippen LogP contribution in [0.3, 0.4) is 0 Å². The second-order valence-electron chi connectivity index (χ2n) is 6.68. The highest BCUT2D eigenvalue weighted by molar-refractivity contribution is 7.18. The van der Waals surface area contributed by atoms with E-state index in [-0.39, 0.29) is 34.2 Å². The van der Waals surface area contributed by atoms with E-state index in [1.807, 2.05) is 0 Å². The van der Waals surface area contributed by atoms with Gasteiger partial charge in [-0.2, -0.15) is 0 Å². The molecule has 0 saturated carbocycles. The molecule has 0 saturated heterocycles. The fourth-order valence-corrected chi connectivity index (χ4v) is 4.09. The van der Waals surface area contributed by atoms with Gasteiger partial charge < -0.3 is 29.0 Å². The zero-order chi connectivity index (χ0) is 24.0. The lowest BCUT2D eigenvalue weighted by atomic mass is 10.1. The average molecular weight is 477 g/mol. The Labute approximate surface area is 193 Å². The molecule has 0 spiro atoms. The van der Waals surface area contributed by atoms with E-state index in [1.54, 1.807) is 26.8 Å². The van der Waals surface area contributed by atoms with Crippen molar-refractivity contribution >= 4 is 40.2 Å². The molecule has 2 aromatic rings. The van der Waals surface area contributed by atoms with Crippen LogP contribution in [0.15, 0.2) is 18.2 Å². The molecule has 0 bridgehead atoms. The maximum Gasteiger partial charge on any atom is 0.348 e. The van der Waals surface area contributed by atoms with Crippen LogP contribution in [-0.2, 0) is 19.0 Å². The molecule has 0 unspecified atom stereocenters. The van der Waals surface area contributed by atoms with Crippen molar-refractivity contribution < 1.29 is 42.9 Å². The highest BCUT2D eigenvalue weighted by atomic mass is 32.1. The maximum absolute atomic E-state index is 12.4. The third kappa shape index (κ3) is 5.61. The van der Waals surface area contributed by atoms with Crippen LogP contribution in [0.5, 0.6) is 11.5 Å². The molecule has 0 aliphatic carbocycles. The van der Waals surface area contributed by atoms with Gasteiger partial charge in [-0.15, -0.1) is 11.3 Å². The predicted octanol–water partition coefficient (Wildman–Crippen LogP) is 2.98. The molecule has 0 fully saturated rings. The Kier molecular flexibility index (Phi) is 7.88. The van der Waals surface area contributed by atoms with Crippen molar-refractivity contribution in [2.45, 2.75) is 20.8 Å². The van der Waals surface area contributed by atoms with E-state index in [2.05, 4.69) is 5.32 Å². The largest absolute Gasteiger partial charge is 0.486 e. The summed E-state index contributed by atoms with van der Waals surface area (Å²) < 4.78 is 26.0. The Morgan fingerprint density at radius 1 is 0.939 bits per heavy atom. The van der Waals surface area contributed by atoms with Gasteiger partial charge in [-0.25, -0.2) is 14.4 Å². The maximum atomic E-state index is 12.4. The van der Waals surface area contributed by atoms with Gasteiger partial charge in [0.05, 0.1) is 24.3 Å². The summed E-state index contributed by atoms with van der Waals surface area (Å²) in [5, 5.41) is 2.62. The first-order valence-electron chi connectivity index (χ1n) is 10.2. The molecular formula is C22H23NO9S. The van der Waals surface area contributed by atoms with E-state index in [0.717, 1.165) is 11.3 Å². The van der Waals surface area contributed by atoms with Gasteiger partial charge in [-0.05, 0) is 44.5 Å². The number of rotatable bonds is 8. The normalized spacial score (nSPS) is 12.0. The molecule has 10 nitrogen and oxygen atoms in total. The zero-order valence-electron chi connectivity index (χ0n) is 18.4. The second kappa shape index (κ2) is 10.8. The highest BCUT2D eigenvalue weighted by Crippen LogP contribution is 2.34. The summed E-state index contributed by atoms with van der Waals surface area (Å²) >= 11 is 0.885. The number of benzene rings is 1. The van der Waals surface area contributed by atoms with E-state index in [9.17, 15) is 19.2 Å². The summed E-state index contributed by atoms with van der Waals surface area (Å²) in [5.41, 5.74) is 0.577. The van der Waals surface area contributed by atoms with Crippen molar-refractivity contribution in [1.29, 1.82) is 0 Å². The van der Waals surface area contributed by atoms with Gasteiger partial charge in [-0.3, -0.25) is 4.79 Å². The monoisotopic (exact) mass is 477 g/mol. The van der Waals surface area contributed by atoms with Gasteiger partial charge in [0.2, 0.25) is 0 Å². The smallest absolute Gasteiger partial charge is 0.348 e. The van der Waals surface area contributed by atoms with Crippen molar-refractivity contribution in [3.8, 4) is 11.5 Å². The fraction of sp³-hybridized carbons (Fsp3) is 0.364. The van der Waals surface area contributed by atoms with Gasteiger partial charge >= 0.3 is 17.9 Å². The van der Waals surface area contributed by atoms with Crippen LogP contribution in [0.25, 0.3) is 0 Å². The fourth-order valence-electron chi connectivity index (χ4n) is 2.99. The number of amides is 1. The number of fused-ring (bicyclic) bond motifs is 1. The number of carbonyl (C=O) groups excluding carboxylic acids is 4. The number of hydrogen-bond acceptors (Lipinski definition) is 10. The summed E-state index contributed by atoms with van der Waals surface area (Å²) in [5.74, 6) is -1.79. The number of hydrogen-bond donors (Lipinski definition) is 1. The molecule has 1 aliphatic rings. The molecule has 11 heteroatoms. The number of carbonyl (C=O) groups is 4. The van der Waals surface area contributed by atoms with Gasteiger partial charge in [0, 0.05) is 0 Å². The summed E-state index contributed by atoms with van der Waals surface area (Å²) in [6, 6.07) is 4.56. The van der Waals surface area contributed by atoms with Crippen LogP contribution >= 0.6 is 11.3 Å². The first kappa shape index (κ1) is 24.1. The van der Waals surface area contributed by atoms with Gasteiger partial charge in [-0.1, -0.05) is 0 Å². The molecule has 1 aromatic carbocycles. The highest BCUT2D eigenvalue weighted by Gasteiger charge is 2.27. The Hall–Kier alpha value is -3.60. The summed E-state index contributed by atoms with van der Waals surface area (Å²) in [6.07, 6.45) is 0. The Bertz CT molecular complexity index is 1080. The number of ether oxygens (including phenoxy) is 5. The Balaban J connectivity index is 1.70. The molecule has 1 aromatic heterocycles. The van der Waals surface area contributed by atoms with E-state index in [1.165, 1.54) is 12.1 Å². The minimum atomic E-state index is -0.734. The summed E-state index contributed by atoms with van der Waals surface area (Å²) in [7, 11) is 0. The topological polar surface area (TPSA) is 126 Å². The predicted molar refractivity (Wildman–Crippen MR) is 117 cm³/mol. The number of nitrogens with one attached hydrogen (secondary N) is 1. The van der Waals surface area contributed by atoms with E-state index < -0.39 is 30.4 Å². The third-order valence-electron chi connectivity index (χ3n) is 4.45. The minimum Gasteiger partial charge on any atom is -0.486 e. The number of esters is 3. The summed E-state index contributed by atoms with van der Waals surface area (Å²) in [4.78, 5) is 49.6. The molecule has 176 valence electrons. The van der Waals surface area contributed by atoms with Crippen LogP contribution in [0.2, 0.25) is 0 Å². The lowest BCUT2D eigenvalue weighted by Crippen LogP contribution is -2.22. The molecule has 0 atom stereocenters. The molecule has 1 amide bonds. The van der Waals surface area contributed by atoms with E-state index >= 15 is 0 Å². The molecule has 3 rings (SSSR count). The number of anilines is 1. The van der Waals surface area contributed by atoms with Crippen molar-refractivity contribution in [2.75, 3.05) is 38.4 Å². The summed E-state index contributed by atoms with van der Waals surface area (Å²) in [6.45, 7) is 5.31. The Morgan fingerprint density at radius 2 is 1.61 bits per heavy atom. The second-order valence-corrected chi connectivity index (χ2v) is 7.70. The van der Waals surface area contributed by atoms with Gasteiger partial charge in [0.15, 0.2) is 18.1 Å². The molecule has 1 aliphatic heterocycles. The van der Waals surface area contributed by atoms with Crippen LogP contribution in [0, 0.1) is 6.92 Å². The van der Waals surface area contributed by atoms with E-state index in [4.69, 9.17) is 23.7 Å². The van der Waals surface area contributed by atoms with Gasteiger partial charge in [0.25, 0.3) is 5.91 Å². The SMILES string of the molecule is CCOC(=O)c1sc(NC(=O)COC(=O)c2ccc3c(c2)OCCO3)c(C(=O)OCC)c1C. The van der Waals surface area contributed by atoms with Crippen molar-refractivity contribution in [3.05, 3.63) is 39.8 Å². The minimum absolute atomic E-state index is 0.0522. The lowest BCUT2D eigenvalue weighted by Gasteiger charge is -2.18. The average Bonchev–Trinajstić information content (AvgIpc) is 3.13. The molecule has 2 heterocycles.